The van der Waals surface area contributed by atoms with Gasteiger partial charge < -0.3 is 23.9 Å². The minimum Gasteiger partial charge on any atom is -0.439 e. The molecule has 1 saturated carbocycles. The second kappa shape index (κ2) is 9.94. The van der Waals surface area contributed by atoms with Crippen molar-refractivity contribution >= 4 is 56.5 Å². The van der Waals surface area contributed by atoms with Gasteiger partial charge in [-0.1, -0.05) is 25.0 Å². The van der Waals surface area contributed by atoms with Crippen LogP contribution in [-0.2, 0) is 4.74 Å². The molecule has 5 aromatic rings. The first-order valence-corrected chi connectivity index (χ1v) is 14.1. The fourth-order valence-corrected chi connectivity index (χ4v) is 6.57. The third-order valence-electron chi connectivity index (χ3n) is 7.62. The number of aldehydes is 1. The van der Waals surface area contributed by atoms with Crippen LogP contribution in [0.25, 0.3) is 32.4 Å². The zero-order valence-electron chi connectivity index (χ0n) is 21.3. The Kier molecular flexibility index (Phi) is 6.13. The largest absolute Gasteiger partial charge is 0.439 e. The summed E-state index contributed by atoms with van der Waals surface area (Å²) in [6.45, 7) is 2.63. The Labute approximate surface area is 228 Å². The van der Waals surface area contributed by atoms with Gasteiger partial charge in [0, 0.05) is 53.4 Å². The second-order valence-electron chi connectivity index (χ2n) is 10.0. The highest BCUT2D eigenvalue weighted by atomic mass is 32.1. The Morgan fingerprint density at radius 1 is 1.08 bits per heavy atom. The quantitative estimate of drug-likeness (QED) is 0.270. The van der Waals surface area contributed by atoms with E-state index in [0.29, 0.717) is 60.2 Å². The normalized spacial score (nSPS) is 16.4. The Hall–Kier alpha value is -4.02. The summed E-state index contributed by atoms with van der Waals surface area (Å²) in [4.78, 5) is 35.9. The van der Waals surface area contributed by atoms with Crippen molar-refractivity contribution in [3.05, 3.63) is 63.9 Å². The number of morpholine rings is 1. The Balaban J connectivity index is 1.17. The van der Waals surface area contributed by atoms with E-state index >= 15 is 0 Å². The van der Waals surface area contributed by atoms with Gasteiger partial charge in [0.25, 0.3) is 0 Å². The van der Waals surface area contributed by atoms with E-state index in [1.807, 2.05) is 35.7 Å². The van der Waals surface area contributed by atoms with E-state index in [0.717, 1.165) is 47.0 Å². The molecule has 0 amide bonds. The average Bonchev–Trinajstić information content (AvgIpc) is 3.72. The van der Waals surface area contributed by atoms with Crippen LogP contribution in [-0.4, -0.2) is 47.1 Å². The molecule has 4 aromatic heterocycles. The lowest BCUT2D eigenvalue weighted by molar-refractivity contribution is 0.111. The SMILES string of the molecule is O=Cc1cc2cnc(Nc3ccc(-c4csc5c(=O)cc(N6CCOCC6)oc45)cc3)nc2n1C1CCCC1. The van der Waals surface area contributed by atoms with Gasteiger partial charge in [0.15, 0.2) is 17.8 Å². The molecule has 5 heterocycles. The monoisotopic (exact) mass is 541 g/mol. The first-order chi connectivity index (χ1) is 19.2. The number of hydrogen-bond donors (Lipinski definition) is 1. The van der Waals surface area contributed by atoms with E-state index in [9.17, 15) is 9.59 Å². The smallest absolute Gasteiger partial charge is 0.229 e. The first-order valence-electron chi connectivity index (χ1n) is 13.3. The third kappa shape index (κ3) is 4.39. The lowest BCUT2D eigenvalue weighted by atomic mass is 10.1. The fraction of sp³-hybridized carbons (Fsp3) is 0.310. The van der Waals surface area contributed by atoms with Crippen LogP contribution in [0.5, 0.6) is 0 Å². The van der Waals surface area contributed by atoms with Crippen LogP contribution in [0.2, 0.25) is 0 Å². The van der Waals surface area contributed by atoms with Crippen LogP contribution in [0.15, 0.2) is 57.2 Å². The van der Waals surface area contributed by atoms with Crippen molar-refractivity contribution in [2.45, 2.75) is 31.7 Å². The predicted molar refractivity (Wildman–Crippen MR) is 153 cm³/mol. The molecule has 1 aromatic carbocycles. The number of carbonyl (C=O) groups excluding carboxylic acids is 1. The van der Waals surface area contributed by atoms with Gasteiger partial charge in [-0.25, -0.2) is 4.98 Å². The van der Waals surface area contributed by atoms with Gasteiger partial charge in [0.05, 0.1) is 18.9 Å². The number of nitrogens with zero attached hydrogens (tertiary/aromatic N) is 4. The molecule has 0 radical (unpaired) electrons. The summed E-state index contributed by atoms with van der Waals surface area (Å²) < 4.78 is 14.4. The molecule has 10 heteroatoms. The lowest BCUT2D eigenvalue weighted by Gasteiger charge is -2.27. The average molecular weight is 542 g/mol. The molecule has 0 spiro atoms. The molecule has 39 heavy (non-hydrogen) atoms. The van der Waals surface area contributed by atoms with Crippen molar-refractivity contribution in [1.82, 2.24) is 14.5 Å². The van der Waals surface area contributed by atoms with E-state index in [-0.39, 0.29) is 5.43 Å². The minimum absolute atomic E-state index is 0.0279. The maximum atomic E-state index is 12.8. The highest BCUT2D eigenvalue weighted by Gasteiger charge is 2.23. The number of fused-ring (bicyclic) bond motifs is 2. The summed E-state index contributed by atoms with van der Waals surface area (Å²) >= 11 is 1.40. The third-order valence-corrected chi connectivity index (χ3v) is 8.60. The summed E-state index contributed by atoms with van der Waals surface area (Å²) in [5.74, 6) is 1.06. The summed E-state index contributed by atoms with van der Waals surface area (Å²) in [5, 5.41) is 6.14. The van der Waals surface area contributed by atoms with Crippen molar-refractivity contribution in [1.29, 1.82) is 0 Å². The molecule has 1 N–H and O–H groups in total. The minimum atomic E-state index is -0.0279. The van der Waals surface area contributed by atoms with Crippen molar-refractivity contribution < 1.29 is 13.9 Å². The molecular weight excluding hydrogens is 514 g/mol. The number of carbonyl (C=O) groups is 1. The summed E-state index contributed by atoms with van der Waals surface area (Å²) in [6, 6.07) is 11.7. The number of ether oxygens (including phenoxy) is 1. The molecule has 9 nitrogen and oxygen atoms in total. The maximum Gasteiger partial charge on any atom is 0.229 e. The molecular formula is C29H27N5O4S. The van der Waals surface area contributed by atoms with Crippen molar-refractivity contribution in [2.24, 2.45) is 0 Å². The van der Waals surface area contributed by atoms with Gasteiger partial charge >= 0.3 is 0 Å². The summed E-state index contributed by atoms with van der Waals surface area (Å²) in [5.41, 5.74) is 4.70. The number of thiophene rings is 1. The molecule has 1 saturated heterocycles. The van der Waals surface area contributed by atoms with Crippen LogP contribution < -0.4 is 15.6 Å². The molecule has 2 aliphatic rings. The topological polar surface area (TPSA) is 102 Å². The van der Waals surface area contributed by atoms with E-state index in [2.05, 4.69) is 19.8 Å². The Morgan fingerprint density at radius 3 is 2.64 bits per heavy atom. The van der Waals surface area contributed by atoms with Gasteiger partial charge in [-0.2, -0.15) is 4.98 Å². The lowest BCUT2D eigenvalue weighted by Crippen LogP contribution is -2.36. The highest BCUT2D eigenvalue weighted by Crippen LogP contribution is 2.36. The number of hydrogen-bond acceptors (Lipinski definition) is 9. The summed E-state index contributed by atoms with van der Waals surface area (Å²) in [6.07, 6.45) is 7.13. The number of benzene rings is 1. The highest BCUT2D eigenvalue weighted by molar-refractivity contribution is 7.17. The number of nitrogens with one attached hydrogen (secondary N) is 1. The van der Waals surface area contributed by atoms with E-state index in [4.69, 9.17) is 14.1 Å². The second-order valence-corrected chi connectivity index (χ2v) is 10.9. The molecule has 0 unspecified atom stereocenters. The first kappa shape index (κ1) is 24.1. The van der Waals surface area contributed by atoms with Gasteiger partial charge in [-0.05, 0) is 36.6 Å². The van der Waals surface area contributed by atoms with Gasteiger partial charge in [-0.15, -0.1) is 11.3 Å². The van der Waals surface area contributed by atoms with Crippen molar-refractivity contribution in [3.8, 4) is 11.1 Å². The zero-order chi connectivity index (χ0) is 26.3. The van der Waals surface area contributed by atoms with Crippen molar-refractivity contribution in [2.75, 3.05) is 36.5 Å². The van der Waals surface area contributed by atoms with Gasteiger partial charge in [0.1, 0.15) is 10.3 Å². The number of aromatic nitrogens is 3. The standard InChI is InChI=1S/C29H27N5O4S/c35-16-22-13-19-15-30-29(32-28(19)34(22)21-3-1-2-4-21)31-20-7-5-18(6-8-20)23-17-39-27-24(36)14-25(38-26(23)27)33-9-11-37-12-10-33/h5-8,13-17,21H,1-4,9-12H2,(H,30,31,32). The molecule has 0 bridgehead atoms. The van der Waals surface area contributed by atoms with Crippen LogP contribution in [0.1, 0.15) is 42.2 Å². The van der Waals surface area contributed by atoms with E-state index in [1.165, 1.54) is 24.2 Å². The molecule has 1 aliphatic heterocycles. The van der Waals surface area contributed by atoms with Crippen LogP contribution in [0.3, 0.4) is 0 Å². The molecule has 1 aliphatic carbocycles. The summed E-state index contributed by atoms with van der Waals surface area (Å²) in [7, 11) is 0. The Morgan fingerprint density at radius 2 is 1.87 bits per heavy atom. The van der Waals surface area contributed by atoms with E-state index < -0.39 is 0 Å². The van der Waals surface area contributed by atoms with Crippen LogP contribution in [0.4, 0.5) is 17.5 Å². The maximum absolute atomic E-state index is 12.8. The van der Waals surface area contributed by atoms with Gasteiger partial charge in [-0.3, -0.25) is 9.59 Å². The number of rotatable bonds is 6. The van der Waals surface area contributed by atoms with Crippen LogP contribution in [0, 0.1) is 0 Å². The van der Waals surface area contributed by atoms with Crippen LogP contribution >= 0.6 is 11.3 Å². The predicted octanol–water partition coefficient (Wildman–Crippen LogP) is 5.77. The van der Waals surface area contributed by atoms with Gasteiger partial charge in [0.2, 0.25) is 11.4 Å². The van der Waals surface area contributed by atoms with Crippen molar-refractivity contribution in [3.63, 3.8) is 0 Å². The molecule has 2 fully saturated rings. The number of anilines is 3. The zero-order valence-corrected chi connectivity index (χ0v) is 22.1. The molecule has 0 atom stereocenters. The molecule has 198 valence electrons. The molecule has 7 rings (SSSR count). The Bertz CT molecular complexity index is 1730. The van der Waals surface area contributed by atoms with E-state index in [1.54, 1.807) is 12.3 Å². The fourth-order valence-electron chi connectivity index (χ4n) is 5.66.